The van der Waals surface area contributed by atoms with E-state index >= 15 is 0 Å². The molecule has 2 amide bonds. The summed E-state index contributed by atoms with van der Waals surface area (Å²) in [6, 6.07) is -0.677. The highest BCUT2D eigenvalue weighted by molar-refractivity contribution is 5.99. The smallest absolute Gasteiger partial charge is 0.340 e. The molecule has 2 N–H and O–H groups in total. The molecule has 0 aromatic carbocycles. The van der Waals surface area contributed by atoms with Crippen molar-refractivity contribution in [3.63, 3.8) is 0 Å². The van der Waals surface area contributed by atoms with E-state index in [1.165, 1.54) is 6.08 Å². The molecular formula is C21H33N3O4. The maximum Gasteiger partial charge on any atom is 0.340 e. The van der Waals surface area contributed by atoms with Gasteiger partial charge in [-0.15, -0.1) is 0 Å². The minimum Gasteiger partial charge on any atom is -0.462 e. The molecule has 0 fully saturated rings. The van der Waals surface area contributed by atoms with E-state index in [9.17, 15) is 14.4 Å². The normalized spacial score (nSPS) is 12.7. The van der Waals surface area contributed by atoms with Gasteiger partial charge in [0, 0.05) is 35.1 Å². The molecule has 0 aliphatic rings. The monoisotopic (exact) mass is 391 g/mol. The molecule has 0 aliphatic carbocycles. The van der Waals surface area contributed by atoms with Crippen molar-refractivity contribution >= 4 is 23.9 Å². The van der Waals surface area contributed by atoms with Crippen LogP contribution < -0.4 is 10.6 Å². The molecule has 0 saturated heterocycles. The van der Waals surface area contributed by atoms with Gasteiger partial charge in [-0.05, 0) is 61.5 Å². The zero-order chi connectivity index (χ0) is 21.6. The van der Waals surface area contributed by atoms with Crippen molar-refractivity contribution in [3.05, 3.63) is 28.6 Å². The fraction of sp³-hybridized carbons (Fsp3) is 0.571. The number of carbonyl (C=O) groups is 3. The second-order valence-corrected chi connectivity index (χ2v) is 7.73. The Morgan fingerprint density at radius 2 is 1.75 bits per heavy atom. The number of hydrogen-bond donors (Lipinski definition) is 2. The topological polar surface area (TPSA) is 89.4 Å². The van der Waals surface area contributed by atoms with Crippen molar-refractivity contribution in [2.75, 3.05) is 6.61 Å². The van der Waals surface area contributed by atoms with Crippen LogP contribution in [0.25, 0.3) is 6.08 Å². The minimum absolute atomic E-state index is 0.259. The minimum atomic E-state index is -0.677. The Kier molecular flexibility index (Phi) is 8.02. The molecule has 0 radical (unpaired) electrons. The summed E-state index contributed by atoms with van der Waals surface area (Å²) in [5.74, 6) is -1.08. The van der Waals surface area contributed by atoms with Crippen LogP contribution >= 0.6 is 0 Å². The van der Waals surface area contributed by atoms with Crippen molar-refractivity contribution in [1.29, 1.82) is 0 Å². The van der Waals surface area contributed by atoms with Gasteiger partial charge < -0.3 is 19.9 Å². The number of amides is 2. The largest absolute Gasteiger partial charge is 0.462 e. The van der Waals surface area contributed by atoms with E-state index in [4.69, 9.17) is 4.74 Å². The summed E-state index contributed by atoms with van der Waals surface area (Å²) in [6.07, 6.45) is 2.94. The summed E-state index contributed by atoms with van der Waals surface area (Å²) in [5, 5.41) is 5.46. The Morgan fingerprint density at radius 3 is 2.25 bits per heavy atom. The van der Waals surface area contributed by atoms with Crippen LogP contribution in [0.3, 0.4) is 0 Å². The van der Waals surface area contributed by atoms with E-state index in [2.05, 4.69) is 10.6 Å². The van der Waals surface area contributed by atoms with Crippen molar-refractivity contribution in [1.82, 2.24) is 15.2 Å². The van der Waals surface area contributed by atoms with Gasteiger partial charge in [-0.1, -0.05) is 0 Å². The third kappa shape index (κ3) is 5.97. The number of aromatic nitrogens is 1. The highest BCUT2D eigenvalue weighted by Crippen LogP contribution is 2.24. The number of nitrogens with one attached hydrogen (secondary N) is 2. The molecule has 0 aliphatic heterocycles. The second kappa shape index (κ2) is 9.57. The molecule has 1 unspecified atom stereocenters. The van der Waals surface area contributed by atoms with Crippen molar-refractivity contribution in [3.8, 4) is 0 Å². The maximum atomic E-state index is 12.4. The molecule has 7 heteroatoms. The number of rotatable bonds is 7. The third-order valence-corrected chi connectivity index (χ3v) is 4.28. The Morgan fingerprint density at radius 1 is 1.14 bits per heavy atom. The lowest BCUT2D eigenvalue weighted by atomic mass is 10.1. The highest BCUT2D eigenvalue weighted by Gasteiger charge is 2.23. The van der Waals surface area contributed by atoms with E-state index in [1.54, 1.807) is 19.9 Å². The number of nitrogens with zero attached hydrogens (tertiary/aromatic N) is 1. The maximum absolute atomic E-state index is 12.4. The van der Waals surface area contributed by atoms with Gasteiger partial charge in [0.2, 0.25) is 11.8 Å². The first-order valence-corrected chi connectivity index (χ1v) is 9.60. The van der Waals surface area contributed by atoms with Crippen LogP contribution in [0.5, 0.6) is 0 Å². The number of esters is 1. The molecule has 7 nitrogen and oxygen atoms in total. The van der Waals surface area contributed by atoms with Gasteiger partial charge in [-0.25, -0.2) is 4.79 Å². The molecule has 1 heterocycles. The molecular weight excluding hydrogens is 358 g/mol. The standard InChI is InChI=1S/C21H33N3O4/c1-9-24-14(4)16(18(15(24)5)20(27)28-10-2)11-12-17(25)22-13(3)19(26)23-21(6,7)8/h11-13H,9-10H2,1-8H3,(H,22,25)(H,23,26)/b12-11+. The zero-order valence-electron chi connectivity index (χ0n) is 18.2. The van der Waals surface area contributed by atoms with Crippen molar-refractivity contribution in [2.45, 2.75) is 73.5 Å². The van der Waals surface area contributed by atoms with Gasteiger partial charge in [0.1, 0.15) is 6.04 Å². The fourth-order valence-electron chi connectivity index (χ4n) is 3.01. The first-order valence-electron chi connectivity index (χ1n) is 9.60. The van der Waals surface area contributed by atoms with Gasteiger partial charge in [-0.2, -0.15) is 0 Å². The number of ether oxygens (including phenoxy) is 1. The summed E-state index contributed by atoms with van der Waals surface area (Å²) in [7, 11) is 0. The van der Waals surface area contributed by atoms with Gasteiger partial charge in [-0.3, -0.25) is 9.59 Å². The average molecular weight is 392 g/mol. The Bertz CT molecular complexity index is 770. The summed E-state index contributed by atoms with van der Waals surface area (Å²) in [6.45, 7) is 15.7. The summed E-state index contributed by atoms with van der Waals surface area (Å²) >= 11 is 0. The van der Waals surface area contributed by atoms with Crippen molar-refractivity contribution < 1.29 is 19.1 Å². The van der Waals surface area contributed by atoms with Crippen LogP contribution in [-0.4, -0.2) is 40.5 Å². The molecule has 1 atom stereocenters. The molecule has 1 aromatic rings. The molecule has 1 rings (SSSR count). The molecule has 0 spiro atoms. The Hall–Kier alpha value is -2.57. The van der Waals surface area contributed by atoms with Crippen LogP contribution in [0.2, 0.25) is 0 Å². The van der Waals surface area contributed by atoms with Gasteiger partial charge in [0.25, 0.3) is 0 Å². The number of carbonyl (C=O) groups excluding carboxylic acids is 3. The van der Waals surface area contributed by atoms with E-state index in [-0.39, 0.29) is 18.1 Å². The van der Waals surface area contributed by atoms with Gasteiger partial charge in [0.15, 0.2) is 0 Å². The Labute approximate surface area is 167 Å². The first kappa shape index (κ1) is 23.5. The van der Waals surface area contributed by atoms with Gasteiger partial charge >= 0.3 is 5.97 Å². The van der Waals surface area contributed by atoms with Crippen LogP contribution in [0.15, 0.2) is 6.08 Å². The number of hydrogen-bond acceptors (Lipinski definition) is 4. The fourth-order valence-corrected chi connectivity index (χ4v) is 3.01. The third-order valence-electron chi connectivity index (χ3n) is 4.28. The molecule has 0 bridgehead atoms. The lowest BCUT2D eigenvalue weighted by Crippen LogP contribution is -2.50. The van der Waals surface area contributed by atoms with E-state index in [0.717, 1.165) is 11.4 Å². The van der Waals surface area contributed by atoms with E-state index in [0.29, 0.717) is 17.7 Å². The van der Waals surface area contributed by atoms with Crippen molar-refractivity contribution in [2.24, 2.45) is 0 Å². The second-order valence-electron chi connectivity index (χ2n) is 7.73. The molecule has 156 valence electrons. The van der Waals surface area contributed by atoms with Crippen LogP contribution in [-0.2, 0) is 20.9 Å². The predicted octanol–water partition coefficient (Wildman–Crippen LogP) is 2.73. The van der Waals surface area contributed by atoms with Crippen LogP contribution in [0, 0.1) is 13.8 Å². The van der Waals surface area contributed by atoms with E-state index in [1.807, 2.05) is 46.1 Å². The summed E-state index contributed by atoms with van der Waals surface area (Å²) in [5.41, 5.74) is 2.42. The zero-order valence-corrected chi connectivity index (χ0v) is 18.2. The predicted molar refractivity (Wildman–Crippen MR) is 110 cm³/mol. The molecule has 0 saturated carbocycles. The van der Waals surface area contributed by atoms with Crippen LogP contribution in [0.1, 0.15) is 68.9 Å². The highest BCUT2D eigenvalue weighted by atomic mass is 16.5. The van der Waals surface area contributed by atoms with Crippen LogP contribution in [0.4, 0.5) is 0 Å². The summed E-state index contributed by atoms with van der Waals surface area (Å²) in [4.78, 5) is 36.8. The summed E-state index contributed by atoms with van der Waals surface area (Å²) < 4.78 is 7.18. The lowest BCUT2D eigenvalue weighted by molar-refractivity contribution is -0.127. The quantitative estimate of drug-likeness (QED) is 0.552. The average Bonchev–Trinajstić information content (AvgIpc) is 2.81. The SMILES string of the molecule is CCOC(=O)c1c(/C=C/C(=O)NC(C)C(=O)NC(C)(C)C)c(C)n(CC)c1C. The molecule has 28 heavy (non-hydrogen) atoms. The lowest BCUT2D eigenvalue weighted by Gasteiger charge is -2.23. The first-order chi connectivity index (χ1) is 12.9. The van der Waals surface area contributed by atoms with Gasteiger partial charge in [0.05, 0.1) is 12.2 Å². The molecule has 1 aromatic heterocycles. The van der Waals surface area contributed by atoms with E-state index < -0.39 is 17.9 Å². The Balaban J connectivity index is 3.03.